The molecule has 0 spiro atoms. The molecule has 0 radical (unpaired) electrons. The Balaban J connectivity index is 2.14. The van der Waals surface area contributed by atoms with Crippen molar-refractivity contribution in [1.82, 2.24) is 0 Å². The third kappa shape index (κ3) is 3.20. The maximum atomic E-state index is 12.1. The summed E-state index contributed by atoms with van der Waals surface area (Å²) >= 11 is 6.02. The number of hydrogen-bond donors (Lipinski definition) is 3. The number of rotatable bonds is 3. The van der Waals surface area contributed by atoms with Crippen LogP contribution < -0.4 is 11.1 Å². The molecule has 1 amide bonds. The zero-order valence-corrected chi connectivity index (χ0v) is 11.7. The van der Waals surface area contributed by atoms with Crippen LogP contribution in [0.15, 0.2) is 23.4 Å². The van der Waals surface area contributed by atoms with E-state index in [1.807, 2.05) is 6.92 Å². The summed E-state index contributed by atoms with van der Waals surface area (Å²) in [6.45, 7) is 1.93. The number of nitrogens with zero attached hydrogens (tertiary/aromatic N) is 1. The fourth-order valence-corrected chi connectivity index (χ4v) is 2.21. The Labute approximate surface area is 121 Å². The summed E-state index contributed by atoms with van der Waals surface area (Å²) in [6, 6.07) is 4.72. The third-order valence-electron chi connectivity index (χ3n) is 3.15. The second-order valence-electron chi connectivity index (χ2n) is 4.68. The third-order valence-corrected chi connectivity index (χ3v) is 3.48. The van der Waals surface area contributed by atoms with E-state index in [2.05, 4.69) is 10.5 Å². The van der Waals surface area contributed by atoms with Gasteiger partial charge in [0.15, 0.2) is 5.84 Å². The zero-order valence-electron chi connectivity index (χ0n) is 11.0. The Morgan fingerprint density at radius 3 is 2.90 bits per heavy atom. The topological polar surface area (TPSA) is 96.9 Å². The van der Waals surface area contributed by atoms with Gasteiger partial charge in [-0.25, -0.2) is 0 Å². The molecule has 20 heavy (non-hydrogen) atoms. The van der Waals surface area contributed by atoms with Crippen molar-refractivity contribution in [2.24, 2.45) is 10.9 Å². The maximum absolute atomic E-state index is 12.1. The van der Waals surface area contributed by atoms with Crippen molar-refractivity contribution in [3.05, 3.63) is 28.8 Å². The Hall–Kier alpha value is -1.79. The van der Waals surface area contributed by atoms with E-state index in [0.29, 0.717) is 22.7 Å². The van der Waals surface area contributed by atoms with E-state index >= 15 is 0 Å². The molecule has 1 aromatic rings. The lowest BCUT2D eigenvalue weighted by Gasteiger charge is -2.13. The molecule has 4 N–H and O–H groups in total. The van der Waals surface area contributed by atoms with Crippen LogP contribution in [0.5, 0.6) is 0 Å². The van der Waals surface area contributed by atoms with Gasteiger partial charge >= 0.3 is 0 Å². The number of nitrogens with two attached hydrogens (primary N) is 1. The van der Waals surface area contributed by atoms with Crippen LogP contribution >= 0.6 is 11.6 Å². The molecule has 0 bridgehead atoms. The highest BCUT2D eigenvalue weighted by Crippen LogP contribution is 2.25. The van der Waals surface area contributed by atoms with Crippen LogP contribution in [0.25, 0.3) is 0 Å². The molecule has 0 aromatic heterocycles. The number of ether oxygens (including phenoxy) is 1. The molecule has 0 aliphatic carbocycles. The predicted octanol–water partition coefficient (Wildman–Crippen LogP) is 1.94. The number of hydrogen-bond acceptors (Lipinski definition) is 4. The van der Waals surface area contributed by atoms with Gasteiger partial charge in [-0.3, -0.25) is 4.79 Å². The molecule has 1 aliphatic heterocycles. The van der Waals surface area contributed by atoms with E-state index < -0.39 is 6.10 Å². The lowest BCUT2D eigenvalue weighted by molar-refractivity contribution is -0.126. The van der Waals surface area contributed by atoms with Crippen molar-refractivity contribution < 1.29 is 14.7 Å². The summed E-state index contributed by atoms with van der Waals surface area (Å²) in [4.78, 5) is 12.1. The van der Waals surface area contributed by atoms with E-state index in [1.165, 1.54) is 0 Å². The van der Waals surface area contributed by atoms with Gasteiger partial charge in [0, 0.05) is 5.56 Å². The first kappa shape index (κ1) is 14.6. The van der Waals surface area contributed by atoms with Crippen molar-refractivity contribution in [3.63, 3.8) is 0 Å². The summed E-state index contributed by atoms with van der Waals surface area (Å²) in [5, 5.41) is 14.6. The quantitative estimate of drug-likeness (QED) is 0.344. The van der Waals surface area contributed by atoms with Gasteiger partial charge in [0.2, 0.25) is 0 Å². The average Bonchev–Trinajstić information content (AvgIpc) is 2.87. The Kier molecular flexibility index (Phi) is 4.46. The normalized spacial score (nSPS) is 22.8. The van der Waals surface area contributed by atoms with Gasteiger partial charge < -0.3 is 21.0 Å². The Morgan fingerprint density at radius 2 is 2.30 bits per heavy atom. The van der Waals surface area contributed by atoms with Crippen molar-refractivity contribution in [2.45, 2.75) is 32.0 Å². The number of amides is 1. The van der Waals surface area contributed by atoms with Crippen LogP contribution in [0.2, 0.25) is 5.02 Å². The van der Waals surface area contributed by atoms with Crippen LogP contribution in [0.3, 0.4) is 0 Å². The molecule has 7 heteroatoms. The van der Waals surface area contributed by atoms with E-state index in [4.69, 9.17) is 27.3 Å². The van der Waals surface area contributed by atoms with Crippen LogP contribution in [-0.4, -0.2) is 29.2 Å². The van der Waals surface area contributed by atoms with E-state index in [9.17, 15) is 4.79 Å². The molecule has 2 rings (SSSR count). The van der Waals surface area contributed by atoms with Gasteiger partial charge in [-0.15, -0.1) is 0 Å². The largest absolute Gasteiger partial charge is 0.409 e. The van der Waals surface area contributed by atoms with Gasteiger partial charge in [0.1, 0.15) is 6.10 Å². The molecule has 108 valence electrons. The van der Waals surface area contributed by atoms with Crippen molar-refractivity contribution in [1.29, 1.82) is 0 Å². The van der Waals surface area contributed by atoms with E-state index in [0.717, 1.165) is 6.42 Å². The predicted molar refractivity (Wildman–Crippen MR) is 76.2 cm³/mol. The number of anilines is 1. The molecule has 2 unspecified atom stereocenters. The summed E-state index contributed by atoms with van der Waals surface area (Å²) in [7, 11) is 0. The van der Waals surface area contributed by atoms with Gasteiger partial charge in [-0.1, -0.05) is 16.8 Å². The SMILES string of the molecule is CC1CCC(C(=O)Nc2cc(/C(N)=N/O)ccc2Cl)O1. The molecule has 1 fully saturated rings. The second kappa shape index (κ2) is 6.11. The highest BCUT2D eigenvalue weighted by atomic mass is 35.5. The minimum absolute atomic E-state index is 0.0529. The first-order valence-electron chi connectivity index (χ1n) is 6.25. The standard InChI is InChI=1S/C13H16ClN3O3/c1-7-2-5-11(20-7)13(18)16-10-6-8(12(15)17-19)3-4-9(10)14/h3-4,6-7,11,19H,2,5H2,1H3,(H2,15,17)(H,16,18). The molecule has 1 aromatic carbocycles. The highest BCUT2D eigenvalue weighted by Gasteiger charge is 2.28. The smallest absolute Gasteiger partial charge is 0.253 e. The van der Waals surface area contributed by atoms with Crippen molar-refractivity contribution >= 4 is 29.0 Å². The van der Waals surface area contributed by atoms with Crippen LogP contribution in [0.1, 0.15) is 25.3 Å². The number of amidine groups is 1. The number of carbonyl (C=O) groups is 1. The Bertz CT molecular complexity index is 548. The number of oxime groups is 1. The first-order chi connectivity index (χ1) is 9.51. The lowest BCUT2D eigenvalue weighted by atomic mass is 10.1. The summed E-state index contributed by atoms with van der Waals surface area (Å²) in [5.41, 5.74) is 6.38. The average molecular weight is 298 g/mol. The number of carbonyl (C=O) groups excluding carboxylic acids is 1. The van der Waals surface area contributed by atoms with Crippen molar-refractivity contribution in [3.8, 4) is 0 Å². The molecule has 1 heterocycles. The monoisotopic (exact) mass is 297 g/mol. The lowest BCUT2D eigenvalue weighted by Crippen LogP contribution is -2.28. The number of nitrogens with one attached hydrogen (secondary N) is 1. The highest BCUT2D eigenvalue weighted by molar-refractivity contribution is 6.34. The molecular weight excluding hydrogens is 282 g/mol. The van der Waals surface area contributed by atoms with Gasteiger partial charge in [-0.05, 0) is 38.0 Å². The molecule has 6 nitrogen and oxygen atoms in total. The fraction of sp³-hybridized carbons (Fsp3) is 0.385. The Morgan fingerprint density at radius 1 is 1.55 bits per heavy atom. The van der Waals surface area contributed by atoms with Crippen LogP contribution in [-0.2, 0) is 9.53 Å². The molecule has 1 aliphatic rings. The van der Waals surface area contributed by atoms with Crippen LogP contribution in [0, 0.1) is 0 Å². The summed E-state index contributed by atoms with van der Waals surface area (Å²) < 4.78 is 5.49. The number of benzene rings is 1. The second-order valence-corrected chi connectivity index (χ2v) is 5.09. The minimum Gasteiger partial charge on any atom is -0.409 e. The molecule has 0 saturated carbocycles. The van der Waals surface area contributed by atoms with E-state index in [1.54, 1.807) is 18.2 Å². The van der Waals surface area contributed by atoms with E-state index in [-0.39, 0.29) is 17.8 Å². The van der Waals surface area contributed by atoms with Crippen molar-refractivity contribution in [2.75, 3.05) is 5.32 Å². The van der Waals surface area contributed by atoms with Crippen LogP contribution in [0.4, 0.5) is 5.69 Å². The van der Waals surface area contributed by atoms with Gasteiger partial charge in [-0.2, -0.15) is 0 Å². The molecular formula is C13H16ClN3O3. The van der Waals surface area contributed by atoms with Gasteiger partial charge in [0.25, 0.3) is 5.91 Å². The fourth-order valence-electron chi connectivity index (χ4n) is 2.05. The first-order valence-corrected chi connectivity index (χ1v) is 6.63. The summed E-state index contributed by atoms with van der Waals surface area (Å²) in [5.74, 6) is -0.296. The molecule has 1 saturated heterocycles. The molecule has 2 atom stereocenters. The van der Waals surface area contributed by atoms with Gasteiger partial charge in [0.05, 0.1) is 16.8 Å². The zero-order chi connectivity index (χ0) is 14.7. The maximum Gasteiger partial charge on any atom is 0.253 e. The minimum atomic E-state index is -0.464. The number of halogens is 1. The summed E-state index contributed by atoms with van der Waals surface area (Å²) in [6.07, 6.45) is 1.17.